The van der Waals surface area contributed by atoms with E-state index in [0.29, 0.717) is 0 Å². The number of thiazole rings is 1. The largest absolute Gasteiger partial charge is 0.479 e. The monoisotopic (exact) mass is 282 g/mol. The molecule has 0 saturated carbocycles. The number of rotatable bonds is 1. The maximum Gasteiger partial charge on any atom is 0.167 e. The molecule has 1 aliphatic heterocycles. The van der Waals surface area contributed by atoms with Gasteiger partial charge in [0, 0.05) is 0 Å². The zero-order valence-electron chi connectivity index (χ0n) is 11.1. The lowest BCUT2D eigenvalue weighted by Gasteiger charge is -2.26. The molecule has 1 atom stereocenters. The Hall–Kier alpha value is -2.07. The molecule has 0 fully saturated rings. The first-order valence-electron chi connectivity index (χ1n) is 6.66. The smallest absolute Gasteiger partial charge is 0.167 e. The van der Waals surface area contributed by atoms with E-state index < -0.39 is 0 Å². The van der Waals surface area contributed by atoms with Crippen molar-refractivity contribution in [2.24, 2.45) is 0 Å². The highest BCUT2D eigenvalue weighted by molar-refractivity contribution is 7.18. The van der Waals surface area contributed by atoms with Crippen molar-refractivity contribution in [2.45, 2.75) is 13.0 Å². The number of nitrogens with one attached hydrogen (secondary N) is 1. The van der Waals surface area contributed by atoms with E-state index in [4.69, 9.17) is 4.74 Å². The predicted molar refractivity (Wildman–Crippen MR) is 82.7 cm³/mol. The van der Waals surface area contributed by atoms with Crippen molar-refractivity contribution < 1.29 is 4.74 Å². The van der Waals surface area contributed by atoms with Crippen molar-refractivity contribution >= 4 is 27.2 Å². The van der Waals surface area contributed by atoms with Gasteiger partial charge in [0.05, 0.1) is 22.4 Å². The normalized spacial score (nSPS) is 17.4. The van der Waals surface area contributed by atoms with Gasteiger partial charge in [0.1, 0.15) is 10.8 Å². The summed E-state index contributed by atoms with van der Waals surface area (Å²) in [5.74, 6) is 0.908. The van der Waals surface area contributed by atoms with E-state index in [1.807, 2.05) is 24.3 Å². The van der Waals surface area contributed by atoms with Crippen LogP contribution in [0, 0.1) is 6.92 Å². The summed E-state index contributed by atoms with van der Waals surface area (Å²) in [6, 6.07) is 14.4. The van der Waals surface area contributed by atoms with Gasteiger partial charge in [-0.2, -0.15) is 0 Å². The summed E-state index contributed by atoms with van der Waals surface area (Å²) in [5.41, 5.74) is 3.35. The fourth-order valence-corrected chi connectivity index (χ4v) is 3.44. The number of nitrogens with zero attached hydrogens (tertiary/aromatic N) is 1. The summed E-state index contributed by atoms with van der Waals surface area (Å²) in [7, 11) is 0. The average molecular weight is 282 g/mol. The Morgan fingerprint density at radius 2 is 2.15 bits per heavy atom. The first-order valence-corrected chi connectivity index (χ1v) is 7.48. The van der Waals surface area contributed by atoms with Crippen LogP contribution in [0.1, 0.15) is 16.7 Å². The third kappa shape index (κ3) is 1.93. The van der Waals surface area contributed by atoms with E-state index in [1.54, 1.807) is 11.3 Å². The Bertz CT molecular complexity index is 748. The summed E-state index contributed by atoms with van der Waals surface area (Å²) in [6.07, 6.45) is -0.0115. The minimum atomic E-state index is -0.0115. The number of aromatic nitrogens is 1. The van der Waals surface area contributed by atoms with Crippen molar-refractivity contribution in [3.63, 3.8) is 0 Å². The predicted octanol–water partition coefficient (Wildman–Crippen LogP) is 4.15. The van der Waals surface area contributed by atoms with Gasteiger partial charge in [-0.3, -0.25) is 0 Å². The molecule has 3 nitrogen and oxygen atoms in total. The van der Waals surface area contributed by atoms with Crippen LogP contribution in [-0.2, 0) is 0 Å². The molecule has 1 N–H and O–H groups in total. The van der Waals surface area contributed by atoms with E-state index in [0.717, 1.165) is 28.5 Å². The van der Waals surface area contributed by atoms with Crippen molar-refractivity contribution in [1.82, 2.24) is 4.98 Å². The number of aryl methyl sites for hydroxylation is 1. The summed E-state index contributed by atoms with van der Waals surface area (Å²) in [6.45, 7) is 2.85. The maximum absolute atomic E-state index is 6.09. The molecular weight excluding hydrogens is 268 g/mol. The van der Waals surface area contributed by atoms with Gasteiger partial charge in [-0.15, -0.1) is 11.3 Å². The Labute approximate surface area is 121 Å². The highest BCUT2D eigenvalue weighted by Crippen LogP contribution is 2.36. The van der Waals surface area contributed by atoms with E-state index in [1.165, 1.54) is 10.3 Å². The molecular formula is C16H14N2OS. The van der Waals surface area contributed by atoms with Crippen LogP contribution < -0.4 is 10.1 Å². The molecule has 20 heavy (non-hydrogen) atoms. The first kappa shape index (κ1) is 11.7. The van der Waals surface area contributed by atoms with Crippen LogP contribution in [0.3, 0.4) is 0 Å². The van der Waals surface area contributed by atoms with Crippen LogP contribution in [0.25, 0.3) is 10.2 Å². The summed E-state index contributed by atoms with van der Waals surface area (Å²) < 4.78 is 7.30. The number of hydrogen-bond donors (Lipinski definition) is 1. The van der Waals surface area contributed by atoms with Gasteiger partial charge in [-0.25, -0.2) is 4.98 Å². The Kier molecular flexibility index (Phi) is 2.63. The third-order valence-corrected chi connectivity index (χ3v) is 4.60. The molecule has 2 aromatic carbocycles. The first-order chi connectivity index (χ1) is 9.79. The minimum absolute atomic E-state index is 0.0115. The number of hydrogen-bond acceptors (Lipinski definition) is 4. The van der Waals surface area contributed by atoms with Crippen molar-refractivity contribution in [2.75, 3.05) is 11.9 Å². The second kappa shape index (κ2) is 4.49. The van der Waals surface area contributed by atoms with Crippen LogP contribution in [0.15, 0.2) is 42.5 Å². The second-order valence-electron chi connectivity index (χ2n) is 5.01. The molecule has 0 radical (unpaired) electrons. The topological polar surface area (TPSA) is 34.2 Å². The molecule has 1 unspecified atom stereocenters. The van der Waals surface area contributed by atoms with Gasteiger partial charge >= 0.3 is 0 Å². The number of fused-ring (bicyclic) bond motifs is 2. The molecule has 2 heterocycles. The van der Waals surface area contributed by atoms with Crippen molar-refractivity contribution in [3.05, 3.63) is 53.0 Å². The van der Waals surface area contributed by atoms with E-state index >= 15 is 0 Å². The Morgan fingerprint density at radius 3 is 3.05 bits per heavy atom. The van der Waals surface area contributed by atoms with E-state index in [2.05, 4.69) is 35.4 Å². The zero-order chi connectivity index (χ0) is 13.5. The lowest BCUT2D eigenvalue weighted by atomic mass is 10.1. The van der Waals surface area contributed by atoms with Gasteiger partial charge in [0.2, 0.25) is 0 Å². The molecule has 1 aromatic heterocycles. The van der Waals surface area contributed by atoms with Gasteiger partial charge < -0.3 is 10.1 Å². The van der Waals surface area contributed by atoms with Gasteiger partial charge in [-0.05, 0) is 36.8 Å². The lowest BCUT2D eigenvalue weighted by Crippen LogP contribution is -2.23. The van der Waals surface area contributed by atoms with Crippen LogP contribution in [0.2, 0.25) is 0 Å². The van der Waals surface area contributed by atoms with E-state index in [-0.39, 0.29) is 6.10 Å². The van der Waals surface area contributed by atoms with Crippen molar-refractivity contribution in [1.29, 1.82) is 0 Å². The van der Waals surface area contributed by atoms with Crippen LogP contribution >= 0.6 is 11.3 Å². The highest BCUT2D eigenvalue weighted by atomic mass is 32.1. The molecule has 0 spiro atoms. The zero-order valence-corrected chi connectivity index (χ0v) is 11.9. The highest BCUT2D eigenvalue weighted by Gasteiger charge is 2.23. The fraction of sp³-hybridized carbons (Fsp3) is 0.188. The third-order valence-electron chi connectivity index (χ3n) is 3.47. The lowest BCUT2D eigenvalue weighted by molar-refractivity contribution is 0.210. The summed E-state index contributed by atoms with van der Waals surface area (Å²) >= 11 is 1.71. The number of anilines is 1. The van der Waals surface area contributed by atoms with Gasteiger partial charge in [-0.1, -0.05) is 18.2 Å². The quantitative estimate of drug-likeness (QED) is 0.728. The van der Waals surface area contributed by atoms with Gasteiger partial charge in [0.15, 0.2) is 6.10 Å². The second-order valence-corrected chi connectivity index (χ2v) is 6.07. The van der Waals surface area contributed by atoms with Crippen LogP contribution in [-0.4, -0.2) is 11.5 Å². The Balaban J connectivity index is 1.69. The molecule has 0 bridgehead atoms. The molecule has 0 saturated heterocycles. The van der Waals surface area contributed by atoms with Gasteiger partial charge in [0.25, 0.3) is 0 Å². The van der Waals surface area contributed by atoms with Crippen molar-refractivity contribution in [3.8, 4) is 5.75 Å². The molecule has 0 amide bonds. The van der Waals surface area contributed by atoms with Crippen LogP contribution in [0.5, 0.6) is 5.75 Å². The molecule has 1 aliphatic rings. The maximum atomic E-state index is 6.09. The molecule has 4 heteroatoms. The Morgan fingerprint density at radius 1 is 1.25 bits per heavy atom. The molecule has 100 valence electrons. The fourth-order valence-electron chi connectivity index (χ4n) is 2.45. The minimum Gasteiger partial charge on any atom is -0.479 e. The standard InChI is InChI=1S/C16H14N2OS/c1-10-6-7-13-12(8-10)17-9-14(19-13)16-18-11-4-2-3-5-15(11)20-16/h2-8,14,17H,9H2,1H3. The molecule has 4 rings (SSSR count). The number of para-hydroxylation sites is 1. The number of ether oxygens (including phenoxy) is 1. The number of benzene rings is 2. The SMILES string of the molecule is Cc1ccc2c(c1)NCC(c1nc3ccccc3s1)O2. The van der Waals surface area contributed by atoms with Crippen LogP contribution in [0.4, 0.5) is 5.69 Å². The average Bonchev–Trinajstić information content (AvgIpc) is 2.90. The summed E-state index contributed by atoms with van der Waals surface area (Å²) in [5, 5.41) is 4.47. The van der Waals surface area contributed by atoms with E-state index in [9.17, 15) is 0 Å². The molecule has 3 aromatic rings. The molecule has 0 aliphatic carbocycles. The summed E-state index contributed by atoms with van der Waals surface area (Å²) in [4.78, 5) is 4.68.